The summed E-state index contributed by atoms with van der Waals surface area (Å²) in [4.78, 5) is 24.7. The Bertz CT molecular complexity index is 465. The van der Waals surface area contributed by atoms with Gasteiger partial charge >= 0.3 is 5.97 Å². The number of hydrogen-bond acceptors (Lipinski definition) is 4. The fourth-order valence-corrected chi connectivity index (χ4v) is 2.11. The number of benzene rings is 1. The van der Waals surface area contributed by atoms with E-state index in [1.165, 1.54) is 11.9 Å². The minimum atomic E-state index is -0.810. The lowest BCUT2D eigenvalue weighted by Gasteiger charge is -2.21. The minimum absolute atomic E-state index is 0.106. The number of ether oxygens (including phenoxy) is 1. The fourth-order valence-electron chi connectivity index (χ4n) is 1.58. The molecule has 1 rings (SSSR count). The SMILES string of the molecule is CCOC(=O)CN(C)C(=O)[C@H](N)c1ccccc1Br. The van der Waals surface area contributed by atoms with E-state index < -0.39 is 12.0 Å². The lowest BCUT2D eigenvalue weighted by molar-refractivity contribution is -0.148. The molecule has 104 valence electrons. The summed E-state index contributed by atoms with van der Waals surface area (Å²) in [6.07, 6.45) is 0. The molecule has 0 saturated carbocycles. The Balaban J connectivity index is 2.72. The van der Waals surface area contributed by atoms with Crippen LogP contribution in [0.4, 0.5) is 0 Å². The third kappa shape index (κ3) is 4.33. The molecule has 6 heteroatoms. The first-order valence-corrected chi connectivity index (χ1v) is 6.67. The zero-order chi connectivity index (χ0) is 14.4. The highest BCUT2D eigenvalue weighted by Gasteiger charge is 2.23. The van der Waals surface area contributed by atoms with Crippen LogP contribution in [0.5, 0.6) is 0 Å². The molecule has 19 heavy (non-hydrogen) atoms. The third-order valence-corrected chi connectivity index (χ3v) is 3.28. The van der Waals surface area contributed by atoms with Crippen molar-refractivity contribution in [2.24, 2.45) is 5.73 Å². The molecule has 1 amide bonds. The van der Waals surface area contributed by atoms with Crippen LogP contribution in [-0.2, 0) is 14.3 Å². The Labute approximate surface area is 120 Å². The summed E-state index contributed by atoms with van der Waals surface area (Å²) in [6, 6.07) is 6.42. The van der Waals surface area contributed by atoms with E-state index in [2.05, 4.69) is 15.9 Å². The molecule has 0 radical (unpaired) electrons. The van der Waals surface area contributed by atoms with E-state index in [4.69, 9.17) is 10.5 Å². The molecular weight excluding hydrogens is 312 g/mol. The number of rotatable bonds is 5. The highest BCUT2D eigenvalue weighted by Crippen LogP contribution is 2.22. The number of esters is 1. The molecule has 2 N–H and O–H groups in total. The summed E-state index contributed by atoms with van der Waals surface area (Å²) in [5, 5.41) is 0. The zero-order valence-corrected chi connectivity index (χ0v) is 12.5. The number of carbonyl (C=O) groups excluding carboxylic acids is 2. The minimum Gasteiger partial charge on any atom is -0.465 e. The van der Waals surface area contributed by atoms with Crippen molar-refractivity contribution in [1.82, 2.24) is 4.90 Å². The molecule has 0 aliphatic heterocycles. The van der Waals surface area contributed by atoms with Gasteiger partial charge in [0.15, 0.2) is 0 Å². The van der Waals surface area contributed by atoms with Crippen molar-refractivity contribution in [3.05, 3.63) is 34.3 Å². The Morgan fingerprint density at radius 2 is 2.05 bits per heavy atom. The van der Waals surface area contributed by atoms with Gasteiger partial charge in [0.2, 0.25) is 5.91 Å². The van der Waals surface area contributed by atoms with E-state index in [1.807, 2.05) is 12.1 Å². The van der Waals surface area contributed by atoms with Crippen molar-refractivity contribution in [1.29, 1.82) is 0 Å². The van der Waals surface area contributed by atoms with Crippen LogP contribution in [-0.4, -0.2) is 37.0 Å². The van der Waals surface area contributed by atoms with Crippen molar-refractivity contribution in [3.63, 3.8) is 0 Å². The first-order valence-electron chi connectivity index (χ1n) is 5.88. The van der Waals surface area contributed by atoms with Crippen molar-refractivity contribution < 1.29 is 14.3 Å². The summed E-state index contributed by atoms with van der Waals surface area (Å²) in [6.45, 7) is 1.90. The summed E-state index contributed by atoms with van der Waals surface area (Å²) >= 11 is 3.35. The molecule has 0 unspecified atom stereocenters. The van der Waals surface area contributed by atoms with Crippen molar-refractivity contribution in [2.45, 2.75) is 13.0 Å². The van der Waals surface area contributed by atoms with Crippen LogP contribution in [0.25, 0.3) is 0 Å². The smallest absolute Gasteiger partial charge is 0.325 e. The van der Waals surface area contributed by atoms with Gasteiger partial charge in [-0.25, -0.2) is 0 Å². The average molecular weight is 329 g/mol. The molecule has 0 heterocycles. The van der Waals surface area contributed by atoms with Gasteiger partial charge in [-0.2, -0.15) is 0 Å². The Kier molecular flexibility index (Phi) is 5.98. The van der Waals surface area contributed by atoms with Crippen LogP contribution < -0.4 is 5.73 Å². The van der Waals surface area contributed by atoms with E-state index in [-0.39, 0.29) is 19.1 Å². The largest absolute Gasteiger partial charge is 0.465 e. The number of amides is 1. The van der Waals surface area contributed by atoms with Gasteiger partial charge in [-0.1, -0.05) is 34.1 Å². The molecule has 5 nitrogen and oxygen atoms in total. The molecular formula is C13H17BrN2O3. The van der Waals surface area contributed by atoms with Gasteiger partial charge in [-0.05, 0) is 18.6 Å². The lowest BCUT2D eigenvalue weighted by atomic mass is 10.1. The monoisotopic (exact) mass is 328 g/mol. The maximum absolute atomic E-state index is 12.1. The molecule has 0 aliphatic carbocycles. The van der Waals surface area contributed by atoms with E-state index >= 15 is 0 Å². The van der Waals surface area contributed by atoms with Gasteiger partial charge < -0.3 is 15.4 Å². The van der Waals surface area contributed by atoms with E-state index in [0.717, 1.165) is 4.47 Å². The standard InChI is InChI=1S/C13H17BrN2O3/c1-3-19-11(17)8-16(2)13(18)12(15)9-6-4-5-7-10(9)14/h4-7,12H,3,8,15H2,1-2H3/t12-/m1/s1. The average Bonchev–Trinajstić information content (AvgIpc) is 2.37. The van der Waals surface area contributed by atoms with Crippen LogP contribution in [0.15, 0.2) is 28.7 Å². The highest BCUT2D eigenvalue weighted by atomic mass is 79.9. The summed E-state index contributed by atoms with van der Waals surface area (Å²) < 4.78 is 5.55. The van der Waals surface area contributed by atoms with Crippen LogP contribution in [0.3, 0.4) is 0 Å². The van der Waals surface area contributed by atoms with Gasteiger partial charge in [0.05, 0.1) is 6.61 Å². The van der Waals surface area contributed by atoms with Gasteiger partial charge in [-0.3, -0.25) is 9.59 Å². The van der Waals surface area contributed by atoms with E-state index in [0.29, 0.717) is 5.56 Å². The fraction of sp³-hybridized carbons (Fsp3) is 0.385. The van der Waals surface area contributed by atoms with E-state index in [9.17, 15) is 9.59 Å². The summed E-state index contributed by atoms with van der Waals surface area (Å²) in [5.74, 6) is -0.780. The Morgan fingerprint density at radius 1 is 1.42 bits per heavy atom. The predicted octanol–water partition coefficient (Wildman–Crippen LogP) is 1.47. The number of halogens is 1. The summed E-state index contributed by atoms with van der Waals surface area (Å²) in [5.41, 5.74) is 6.60. The van der Waals surface area contributed by atoms with Crippen molar-refractivity contribution in [3.8, 4) is 0 Å². The molecule has 0 aromatic heterocycles. The van der Waals surface area contributed by atoms with Crippen molar-refractivity contribution >= 4 is 27.8 Å². The predicted molar refractivity (Wildman–Crippen MR) is 75.3 cm³/mol. The molecule has 0 spiro atoms. The maximum atomic E-state index is 12.1. The topological polar surface area (TPSA) is 72.6 Å². The number of hydrogen-bond donors (Lipinski definition) is 1. The maximum Gasteiger partial charge on any atom is 0.325 e. The Hall–Kier alpha value is -1.40. The second-order valence-corrected chi connectivity index (χ2v) is 4.85. The summed E-state index contributed by atoms with van der Waals surface area (Å²) in [7, 11) is 1.52. The van der Waals surface area contributed by atoms with Gasteiger partial charge in [0.1, 0.15) is 12.6 Å². The second kappa shape index (κ2) is 7.25. The van der Waals surface area contributed by atoms with E-state index in [1.54, 1.807) is 19.1 Å². The third-order valence-electron chi connectivity index (χ3n) is 2.55. The van der Waals surface area contributed by atoms with Crippen LogP contribution in [0.2, 0.25) is 0 Å². The van der Waals surface area contributed by atoms with Crippen LogP contribution in [0.1, 0.15) is 18.5 Å². The van der Waals surface area contributed by atoms with Crippen LogP contribution in [0, 0.1) is 0 Å². The molecule has 0 bridgehead atoms. The number of carbonyl (C=O) groups is 2. The first-order chi connectivity index (χ1) is 8.97. The zero-order valence-electron chi connectivity index (χ0n) is 10.9. The van der Waals surface area contributed by atoms with Gasteiger partial charge in [0, 0.05) is 11.5 Å². The lowest BCUT2D eigenvalue weighted by Crippen LogP contribution is -2.39. The second-order valence-electron chi connectivity index (χ2n) is 4.00. The highest BCUT2D eigenvalue weighted by molar-refractivity contribution is 9.10. The molecule has 0 fully saturated rings. The molecule has 1 aromatic carbocycles. The quantitative estimate of drug-likeness (QED) is 0.831. The van der Waals surface area contributed by atoms with Crippen molar-refractivity contribution in [2.75, 3.05) is 20.2 Å². The molecule has 1 atom stereocenters. The van der Waals surface area contributed by atoms with Crippen LogP contribution >= 0.6 is 15.9 Å². The molecule has 0 aliphatic rings. The van der Waals surface area contributed by atoms with Gasteiger partial charge in [0.25, 0.3) is 0 Å². The number of nitrogens with two attached hydrogens (primary N) is 1. The van der Waals surface area contributed by atoms with Gasteiger partial charge in [-0.15, -0.1) is 0 Å². The Morgan fingerprint density at radius 3 is 2.63 bits per heavy atom. The first kappa shape index (κ1) is 15.7. The molecule has 0 saturated heterocycles. The molecule has 1 aromatic rings. The number of likely N-dealkylation sites (N-methyl/N-ethyl adjacent to an activating group) is 1. The number of nitrogens with zero attached hydrogens (tertiary/aromatic N) is 1. The normalized spacial score (nSPS) is 11.8.